The molecule has 7 nitrogen and oxygen atoms in total. The molecule has 1 unspecified atom stereocenters. The molecule has 3 heterocycles. The van der Waals surface area contributed by atoms with E-state index in [9.17, 15) is 4.79 Å². The number of nitrogens with zero attached hydrogens (tertiary/aromatic N) is 4. The van der Waals surface area contributed by atoms with E-state index in [1.54, 1.807) is 12.4 Å². The number of aromatic nitrogens is 3. The Morgan fingerprint density at radius 1 is 1.37 bits per heavy atom. The normalized spacial score (nSPS) is 15.7. The topological polar surface area (TPSA) is 80.2 Å². The molecular formula is C20H27N5O2. The standard InChI is InChI=1S/C20H27N5O2/c1-14(23-19(26)27-20(2,3)4)12-25-9-7-17-16(13-25)11-22-18(24-17)15-6-5-8-21-10-15/h5-6,8,10-11,14H,7,9,12-13H2,1-4H3,(H,23,26). The lowest BCUT2D eigenvalue weighted by Gasteiger charge is -2.30. The zero-order valence-electron chi connectivity index (χ0n) is 16.4. The van der Waals surface area contributed by atoms with Gasteiger partial charge < -0.3 is 10.1 Å². The summed E-state index contributed by atoms with van der Waals surface area (Å²) in [5.74, 6) is 0.718. The Balaban J connectivity index is 1.58. The molecule has 27 heavy (non-hydrogen) atoms. The lowest BCUT2D eigenvalue weighted by Crippen LogP contribution is -2.45. The molecule has 7 heteroatoms. The summed E-state index contributed by atoms with van der Waals surface area (Å²) < 4.78 is 5.32. The predicted molar refractivity (Wildman–Crippen MR) is 103 cm³/mol. The van der Waals surface area contributed by atoms with Gasteiger partial charge in [-0.25, -0.2) is 14.8 Å². The number of nitrogens with one attached hydrogen (secondary N) is 1. The van der Waals surface area contributed by atoms with Crippen LogP contribution in [0.15, 0.2) is 30.7 Å². The van der Waals surface area contributed by atoms with Gasteiger partial charge in [0.1, 0.15) is 5.60 Å². The van der Waals surface area contributed by atoms with Gasteiger partial charge in [0, 0.05) is 61.8 Å². The van der Waals surface area contributed by atoms with Crippen LogP contribution in [-0.2, 0) is 17.7 Å². The maximum Gasteiger partial charge on any atom is 0.407 e. The summed E-state index contributed by atoms with van der Waals surface area (Å²) in [6.45, 7) is 10.0. The van der Waals surface area contributed by atoms with E-state index in [1.165, 1.54) is 0 Å². The highest BCUT2D eigenvalue weighted by atomic mass is 16.6. The summed E-state index contributed by atoms with van der Waals surface area (Å²) >= 11 is 0. The van der Waals surface area contributed by atoms with Crippen molar-refractivity contribution >= 4 is 6.09 Å². The van der Waals surface area contributed by atoms with Crippen LogP contribution in [0.3, 0.4) is 0 Å². The first-order chi connectivity index (χ1) is 12.8. The molecule has 3 rings (SSSR count). The van der Waals surface area contributed by atoms with Gasteiger partial charge in [-0.05, 0) is 39.8 Å². The minimum atomic E-state index is -0.489. The number of pyridine rings is 1. The second kappa shape index (κ2) is 8.00. The first-order valence-electron chi connectivity index (χ1n) is 9.27. The zero-order valence-corrected chi connectivity index (χ0v) is 16.4. The van der Waals surface area contributed by atoms with Gasteiger partial charge in [-0.3, -0.25) is 9.88 Å². The number of carbonyl (C=O) groups excluding carboxylic acids is 1. The number of fused-ring (bicyclic) bond motifs is 1. The molecule has 0 bridgehead atoms. The van der Waals surface area contributed by atoms with Crippen molar-refractivity contribution in [2.45, 2.75) is 52.3 Å². The molecule has 1 aliphatic heterocycles. The summed E-state index contributed by atoms with van der Waals surface area (Å²) in [5.41, 5.74) is 2.67. The first-order valence-corrected chi connectivity index (χ1v) is 9.27. The number of alkyl carbamates (subject to hydrolysis) is 1. The van der Waals surface area contributed by atoms with Gasteiger partial charge in [-0.15, -0.1) is 0 Å². The monoisotopic (exact) mass is 369 g/mol. The minimum absolute atomic E-state index is 0.00279. The molecule has 0 aliphatic carbocycles. The largest absolute Gasteiger partial charge is 0.444 e. The molecule has 0 aromatic carbocycles. The van der Waals surface area contributed by atoms with Gasteiger partial charge in [0.05, 0.1) is 5.69 Å². The molecule has 144 valence electrons. The molecule has 2 aromatic heterocycles. The third kappa shape index (κ3) is 5.47. The van der Waals surface area contributed by atoms with Crippen molar-refractivity contribution in [1.29, 1.82) is 0 Å². The van der Waals surface area contributed by atoms with Crippen LogP contribution < -0.4 is 5.32 Å². The number of rotatable bonds is 4. The summed E-state index contributed by atoms with van der Waals surface area (Å²) in [4.78, 5) is 27.6. The van der Waals surface area contributed by atoms with Crippen molar-refractivity contribution in [2.24, 2.45) is 0 Å². The lowest BCUT2D eigenvalue weighted by molar-refractivity contribution is 0.0495. The molecule has 0 fully saturated rings. The number of ether oxygens (including phenoxy) is 1. The number of amides is 1. The zero-order chi connectivity index (χ0) is 19.4. The molecule has 2 aromatic rings. The summed E-state index contributed by atoms with van der Waals surface area (Å²) in [6, 6.07) is 3.85. The van der Waals surface area contributed by atoms with Crippen molar-refractivity contribution < 1.29 is 9.53 Å². The van der Waals surface area contributed by atoms with Crippen LogP contribution in [0.25, 0.3) is 11.4 Å². The van der Waals surface area contributed by atoms with Crippen molar-refractivity contribution in [3.63, 3.8) is 0 Å². The highest BCUT2D eigenvalue weighted by Crippen LogP contribution is 2.20. The highest BCUT2D eigenvalue weighted by molar-refractivity contribution is 5.68. The van der Waals surface area contributed by atoms with E-state index in [1.807, 2.05) is 46.0 Å². The van der Waals surface area contributed by atoms with E-state index in [0.717, 1.165) is 48.7 Å². The second-order valence-electron chi connectivity index (χ2n) is 7.94. The molecule has 1 N–H and O–H groups in total. The van der Waals surface area contributed by atoms with Gasteiger partial charge >= 0.3 is 6.09 Å². The van der Waals surface area contributed by atoms with Crippen LogP contribution in [0.4, 0.5) is 4.79 Å². The molecule has 0 radical (unpaired) electrons. The third-order valence-corrected chi connectivity index (χ3v) is 4.23. The molecular weight excluding hydrogens is 342 g/mol. The molecule has 0 spiro atoms. The average Bonchev–Trinajstić information content (AvgIpc) is 2.60. The van der Waals surface area contributed by atoms with Crippen molar-refractivity contribution in [3.05, 3.63) is 42.0 Å². The third-order valence-electron chi connectivity index (χ3n) is 4.23. The average molecular weight is 369 g/mol. The van der Waals surface area contributed by atoms with Crippen LogP contribution in [0.1, 0.15) is 39.0 Å². The Morgan fingerprint density at radius 3 is 2.89 bits per heavy atom. The van der Waals surface area contributed by atoms with Gasteiger partial charge in [-0.1, -0.05) is 0 Å². The van der Waals surface area contributed by atoms with Crippen LogP contribution in [0.2, 0.25) is 0 Å². The summed E-state index contributed by atoms with van der Waals surface area (Å²) in [5, 5.41) is 2.90. The van der Waals surface area contributed by atoms with Gasteiger partial charge in [-0.2, -0.15) is 0 Å². The number of hydrogen-bond donors (Lipinski definition) is 1. The Bertz CT molecular complexity index is 789. The van der Waals surface area contributed by atoms with E-state index in [0.29, 0.717) is 0 Å². The Kier molecular flexibility index (Phi) is 5.70. The maximum atomic E-state index is 11.9. The SMILES string of the molecule is CC(CN1CCc2nc(-c3cccnc3)ncc2C1)NC(=O)OC(C)(C)C. The van der Waals surface area contributed by atoms with Gasteiger partial charge in [0.15, 0.2) is 5.82 Å². The van der Waals surface area contributed by atoms with Gasteiger partial charge in [0.25, 0.3) is 0 Å². The number of hydrogen-bond acceptors (Lipinski definition) is 6. The van der Waals surface area contributed by atoms with Gasteiger partial charge in [0.2, 0.25) is 0 Å². The first kappa shape index (κ1) is 19.2. The molecule has 1 aliphatic rings. The van der Waals surface area contributed by atoms with Crippen LogP contribution in [0.5, 0.6) is 0 Å². The fourth-order valence-corrected chi connectivity index (χ4v) is 3.11. The predicted octanol–water partition coefficient (Wildman–Crippen LogP) is 2.81. The lowest BCUT2D eigenvalue weighted by atomic mass is 10.1. The second-order valence-corrected chi connectivity index (χ2v) is 7.94. The summed E-state index contributed by atoms with van der Waals surface area (Å²) in [6.07, 6.45) is 5.91. The minimum Gasteiger partial charge on any atom is -0.444 e. The highest BCUT2D eigenvalue weighted by Gasteiger charge is 2.22. The molecule has 0 saturated carbocycles. The smallest absolute Gasteiger partial charge is 0.407 e. The van der Waals surface area contributed by atoms with E-state index in [2.05, 4.69) is 20.2 Å². The fourth-order valence-electron chi connectivity index (χ4n) is 3.11. The Hall–Kier alpha value is -2.54. The fraction of sp³-hybridized carbons (Fsp3) is 0.500. The molecule has 0 saturated heterocycles. The van der Waals surface area contributed by atoms with Crippen molar-refractivity contribution in [1.82, 2.24) is 25.2 Å². The molecule has 1 atom stereocenters. The Labute approximate surface area is 160 Å². The summed E-state index contributed by atoms with van der Waals surface area (Å²) in [7, 11) is 0. The van der Waals surface area contributed by atoms with E-state index in [4.69, 9.17) is 9.72 Å². The van der Waals surface area contributed by atoms with Crippen molar-refractivity contribution in [3.8, 4) is 11.4 Å². The van der Waals surface area contributed by atoms with Crippen LogP contribution >= 0.6 is 0 Å². The van der Waals surface area contributed by atoms with Crippen LogP contribution in [-0.4, -0.2) is 50.7 Å². The van der Waals surface area contributed by atoms with E-state index >= 15 is 0 Å². The van der Waals surface area contributed by atoms with E-state index in [-0.39, 0.29) is 12.1 Å². The Morgan fingerprint density at radius 2 is 2.19 bits per heavy atom. The van der Waals surface area contributed by atoms with Crippen LogP contribution in [0, 0.1) is 0 Å². The van der Waals surface area contributed by atoms with E-state index < -0.39 is 5.60 Å². The maximum absolute atomic E-state index is 11.9. The number of carbonyl (C=O) groups is 1. The van der Waals surface area contributed by atoms with Crippen molar-refractivity contribution in [2.75, 3.05) is 13.1 Å². The molecule has 1 amide bonds. The quantitative estimate of drug-likeness (QED) is 0.893.